The van der Waals surface area contributed by atoms with E-state index in [2.05, 4.69) is 36.5 Å². The van der Waals surface area contributed by atoms with Gasteiger partial charge in [0.15, 0.2) is 0 Å². The molecule has 2 heteroatoms. The highest BCUT2D eigenvalue weighted by molar-refractivity contribution is 5.28. The molecule has 0 aliphatic heterocycles. The van der Waals surface area contributed by atoms with Crippen molar-refractivity contribution >= 4 is 0 Å². The van der Waals surface area contributed by atoms with E-state index >= 15 is 0 Å². The second-order valence-corrected chi connectivity index (χ2v) is 4.54. The van der Waals surface area contributed by atoms with Crippen LogP contribution in [0.5, 0.6) is 5.75 Å². The summed E-state index contributed by atoms with van der Waals surface area (Å²) >= 11 is 0. The Balaban J connectivity index is 1.94. The minimum atomic E-state index is 0.393. The lowest BCUT2D eigenvalue weighted by molar-refractivity contribution is 0.206. The molecule has 88 valence electrons. The predicted molar refractivity (Wildman–Crippen MR) is 66.9 cm³/mol. The third-order valence-electron chi connectivity index (χ3n) is 3.40. The van der Waals surface area contributed by atoms with Crippen molar-refractivity contribution in [2.75, 3.05) is 7.05 Å². The summed E-state index contributed by atoms with van der Waals surface area (Å²) < 4.78 is 6.01. The van der Waals surface area contributed by atoms with Crippen molar-refractivity contribution in [1.29, 1.82) is 0 Å². The lowest BCUT2D eigenvalue weighted by Crippen LogP contribution is -2.23. The van der Waals surface area contributed by atoms with Crippen molar-refractivity contribution < 1.29 is 4.74 Å². The van der Waals surface area contributed by atoms with Crippen LogP contribution in [0.15, 0.2) is 24.3 Å². The standard InChI is InChI=1S/C14H21NO/c1-3-11-5-4-6-13(9-11)16-14-8-7-12(10-14)15-2/h4-6,9,12,14-15H,3,7-8,10H2,1-2H3. The Labute approximate surface area is 98.0 Å². The lowest BCUT2D eigenvalue weighted by Gasteiger charge is -2.14. The van der Waals surface area contributed by atoms with Crippen LogP contribution in [0, 0.1) is 0 Å². The molecule has 1 aliphatic carbocycles. The van der Waals surface area contributed by atoms with Gasteiger partial charge in [0.25, 0.3) is 0 Å². The maximum Gasteiger partial charge on any atom is 0.119 e. The molecule has 1 N–H and O–H groups in total. The smallest absolute Gasteiger partial charge is 0.119 e. The molecule has 16 heavy (non-hydrogen) atoms. The van der Waals surface area contributed by atoms with E-state index in [1.807, 2.05) is 7.05 Å². The van der Waals surface area contributed by atoms with Crippen LogP contribution in [0.25, 0.3) is 0 Å². The Kier molecular flexibility index (Phi) is 3.83. The Morgan fingerprint density at radius 3 is 2.94 bits per heavy atom. The minimum Gasteiger partial charge on any atom is -0.490 e. The maximum atomic E-state index is 6.01. The summed E-state index contributed by atoms with van der Waals surface area (Å²) in [6.45, 7) is 2.17. The Morgan fingerprint density at radius 1 is 1.38 bits per heavy atom. The van der Waals surface area contributed by atoms with Gasteiger partial charge in [0.05, 0.1) is 0 Å². The SMILES string of the molecule is CCc1cccc(OC2CCC(NC)C2)c1. The van der Waals surface area contributed by atoms with E-state index < -0.39 is 0 Å². The molecule has 0 spiro atoms. The van der Waals surface area contributed by atoms with Gasteiger partial charge in [0.2, 0.25) is 0 Å². The zero-order valence-electron chi connectivity index (χ0n) is 10.2. The van der Waals surface area contributed by atoms with Crippen molar-refractivity contribution in [3.8, 4) is 5.75 Å². The summed E-state index contributed by atoms with van der Waals surface area (Å²) in [5, 5.41) is 3.32. The van der Waals surface area contributed by atoms with Gasteiger partial charge in [0.1, 0.15) is 11.9 Å². The van der Waals surface area contributed by atoms with Crippen LogP contribution in [0.2, 0.25) is 0 Å². The molecule has 1 aliphatic rings. The van der Waals surface area contributed by atoms with Gasteiger partial charge in [-0.25, -0.2) is 0 Å². The van der Waals surface area contributed by atoms with Crippen LogP contribution in [0.4, 0.5) is 0 Å². The van der Waals surface area contributed by atoms with E-state index in [0.29, 0.717) is 12.1 Å². The average Bonchev–Trinajstić information content (AvgIpc) is 2.77. The highest BCUT2D eigenvalue weighted by Crippen LogP contribution is 2.25. The zero-order chi connectivity index (χ0) is 11.4. The van der Waals surface area contributed by atoms with E-state index in [1.165, 1.54) is 18.4 Å². The third-order valence-corrected chi connectivity index (χ3v) is 3.40. The largest absolute Gasteiger partial charge is 0.490 e. The van der Waals surface area contributed by atoms with Crippen LogP contribution >= 0.6 is 0 Å². The van der Waals surface area contributed by atoms with Crippen molar-refractivity contribution in [1.82, 2.24) is 5.32 Å². The average molecular weight is 219 g/mol. The van der Waals surface area contributed by atoms with Crippen LogP contribution < -0.4 is 10.1 Å². The van der Waals surface area contributed by atoms with Crippen molar-refractivity contribution in [3.63, 3.8) is 0 Å². The van der Waals surface area contributed by atoms with Crippen molar-refractivity contribution in [2.45, 2.75) is 44.8 Å². The van der Waals surface area contributed by atoms with Crippen LogP contribution in [0.1, 0.15) is 31.7 Å². The van der Waals surface area contributed by atoms with Gasteiger partial charge < -0.3 is 10.1 Å². The first-order valence-corrected chi connectivity index (χ1v) is 6.24. The molecule has 0 saturated heterocycles. The molecule has 2 unspecified atom stereocenters. The Morgan fingerprint density at radius 2 is 2.25 bits per heavy atom. The minimum absolute atomic E-state index is 0.393. The number of aryl methyl sites for hydroxylation is 1. The van der Waals surface area contributed by atoms with Crippen LogP contribution in [0.3, 0.4) is 0 Å². The molecule has 0 radical (unpaired) electrons. The number of benzene rings is 1. The second-order valence-electron chi connectivity index (χ2n) is 4.54. The van der Waals surface area contributed by atoms with Gasteiger partial charge in [-0.3, -0.25) is 0 Å². The molecule has 0 bridgehead atoms. The molecule has 2 rings (SSSR count). The molecule has 1 fully saturated rings. The number of hydrogen-bond acceptors (Lipinski definition) is 2. The molecular weight excluding hydrogens is 198 g/mol. The van der Waals surface area contributed by atoms with Gasteiger partial charge in [-0.2, -0.15) is 0 Å². The summed E-state index contributed by atoms with van der Waals surface area (Å²) in [6, 6.07) is 9.09. The fourth-order valence-corrected chi connectivity index (χ4v) is 2.34. The Hall–Kier alpha value is -1.02. The van der Waals surface area contributed by atoms with E-state index in [0.717, 1.165) is 18.6 Å². The monoisotopic (exact) mass is 219 g/mol. The third kappa shape index (κ3) is 2.76. The highest BCUT2D eigenvalue weighted by Gasteiger charge is 2.24. The molecule has 1 saturated carbocycles. The molecule has 1 aromatic rings. The van der Waals surface area contributed by atoms with Crippen molar-refractivity contribution in [3.05, 3.63) is 29.8 Å². The van der Waals surface area contributed by atoms with Crippen molar-refractivity contribution in [2.24, 2.45) is 0 Å². The fourth-order valence-electron chi connectivity index (χ4n) is 2.34. The lowest BCUT2D eigenvalue weighted by atomic mass is 10.1. The summed E-state index contributed by atoms with van der Waals surface area (Å²) in [6.07, 6.45) is 4.99. The molecule has 1 aromatic carbocycles. The van der Waals surface area contributed by atoms with Gasteiger partial charge in [-0.1, -0.05) is 19.1 Å². The highest BCUT2D eigenvalue weighted by atomic mass is 16.5. The predicted octanol–water partition coefficient (Wildman–Crippen LogP) is 2.77. The molecule has 2 atom stereocenters. The van der Waals surface area contributed by atoms with E-state index in [4.69, 9.17) is 4.74 Å². The molecule has 0 aromatic heterocycles. The molecular formula is C14H21NO. The maximum absolute atomic E-state index is 6.01. The van der Waals surface area contributed by atoms with E-state index in [9.17, 15) is 0 Å². The number of ether oxygens (including phenoxy) is 1. The number of rotatable bonds is 4. The summed E-state index contributed by atoms with van der Waals surface area (Å²) in [7, 11) is 2.03. The van der Waals surface area contributed by atoms with Gasteiger partial charge in [0, 0.05) is 6.04 Å². The van der Waals surface area contributed by atoms with Crippen LogP contribution in [-0.2, 0) is 6.42 Å². The summed E-state index contributed by atoms with van der Waals surface area (Å²) in [5.74, 6) is 1.03. The number of hydrogen-bond donors (Lipinski definition) is 1. The van der Waals surface area contributed by atoms with Gasteiger partial charge in [-0.15, -0.1) is 0 Å². The normalized spacial score (nSPS) is 24.6. The Bertz CT molecular complexity index is 337. The van der Waals surface area contributed by atoms with Crippen LogP contribution in [-0.4, -0.2) is 19.2 Å². The summed E-state index contributed by atoms with van der Waals surface area (Å²) in [4.78, 5) is 0. The second kappa shape index (κ2) is 5.35. The van der Waals surface area contributed by atoms with E-state index in [-0.39, 0.29) is 0 Å². The fraction of sp³-hybridized carbons (Fsp3) is 0.571. The molecule has 2 nitrogen and oxygen atoms in total. The molecule has 0 amide bonds. The quantitative estimate of drug-likeness (QED) is 0.840. The topological polar surface area (TPSA) is 21.3 Å². The zero-order valence-corrected chi connectivity index (χ0v) is 10.2. The van der Waals surface area contributed by atoms with E-state index in [1.54, 1.807) is 0 Å². The first-order chi connectivity index (χ1) is 7.81. The first-order valence-electron chi connectivity index (χ1n) is 6.24. The summed E-state index contributed by atoms with van der Waals surface area (Å²) in [5.41, 5.74) is 1.35. The van der Waals surface area contributed by atoms with Gasteiger partial charge in [-0.05, 0) is 50.4 Å². The molecule has 0 heterocycles. The first kappa shape index (κ1) is 11.5. The number of nitrogens with one attached hydrogen (secondary N) is 1. The van der Waals surface area contributed by atoms with Gasteiger partial charge >= 0.3 is 0 Å².